The number of rotatable bonds is 1. The van der Waals surface area contributed by atoms with Gasteiger partial charge in [-0.05, 0) is 37.9 Å². The average molecular weight is 348 g/mol. The van der Waals surface area contributed by atoms with Crippen LogP contribution in [0.3, 0.4) is 0 Å². The highest BCUT2D eigenvalue weighted by molar-refractivity contribution is 7.99. The Morgan fingerprint density at radius 1 is 1.00 bits per heavy atom. The van der Waals surface area contributed by atoms with Gasteiger partial charge in [0.15, 0.2) is 0 Å². The first-order valence-corrected chi connectivity index (χ1v) is 9.73. The number of aliphatic hydroxyl groups is 4. The summed E-state index contributed by atoms with van der Waals surface area (Å²) in [6, 6.07) is 0. The van der Waals surface area contributed by atoms with Crippen molar-refractivity contribution in [3.63, 3.8) is 0 Å². The van der Waals surface area contributed by atoms with Gasteiger partial charge in [0.1, 0.15) is 23.2 Å². The van der Waals surface area contributed by atoms with Crippen LogP contribution in [-0.2, 0) is 9.47 Å². The number of aliphatic hydroxyl groups excluding tert-OH is 4. The van der Waals surface area contributed by atoms with Crippen molar-refractivity contribution in [2.45, 2.75) is 80.1 Å². The van der Waals surface area contributed by atoms with Crippen molar-refractivity contribution in [2.75, 3.05) is 12.9 Å². The highest BCUT2D eigenvalue weighted by Crippen LogP contribution is 2.48. The largest absolute Gasteiger partial charge is 0.393 e. The van der Waals surface area contributed by atoms with Crippen LogP contribution < -0.4 is 0 Å². The quantitative estimate of drug-likeness (QED) is 0.539. The molecule has 2 aliphatic carbocycles. The summed E-state index contributed by atoms with van der Waals surface area (Å²) >= 11 is 1.64. The Morgan fingerprint density at radius 3 is 2.48 bits per heavy atom. The van der Waals surface area contributed by atoms with Crippen molar-refractivity contribution in [1.29, 1.82) is 0 Å². The van der Waals surface area contributed by atoms with Crippen molar-refractivity contribution in [2.24, 2.45) is 5.92 Å². The molecular formula is C16H28O6S. The van der Waals surface area contributed by atoms with Crippen LogP contribution in [-0.4, -0.2) is 74.8 Å². The van der Waals surface area contributed by atoms with E-state index in [0.717, 1.165) is 25.7 Å². The molecule has 7 heteroatoms. The molecule has 6 nitrogen and oxygen atoms in total. The number of ether oxygens (including phenoxy) is 2. The average Bonchev–Trinajstić information content (AvgIpc) is 2.94. The van der Waals surface area contributed by atoms with E-state index in [2.05, 4.69) is 0 Å². The summed E-state index contributed by atoms with van der Waals surface area (Å²) in [6.07, 6.45) is 0.332. The maximum absolute atomic E-state index is 10.6. The molecule has 4 unspecified atom stereocenters. The van der Waals surface area contributed by atoms with Gasteiger partial charge in [-0.25, -0.2) is 0 Å². The van der Waals surface area contributed by atoms with Gasteiger partial charge in [0.05, 0.1) is 18.3 Å². The van der Waals surface area contributed by atoms with E-state index in [1.807, 2.05) is 6.26 Å². The van der Waals surface area contributed by atoms with Crippen LogP contribution in [0.5, 0.6) is 0 Å². The second kappa shape index (κ2) is 7.15. The second-order valence-corrected chi connectivity index (χ2v) is 8.33. The second-order valence-electron chi connectivity index (χ2n) is 7.18. The zero-order valence-electron chi connectivity index (χ0n) is 13.5. The lowest BCUT2D eigenvalue weighted by Gasteiger charge is -2.42. The standard InChI is InChI=1S/C16H28O6S/c1-23-16-4-2-9(8-16)3-5-21-14-12(19)7-10(17)6-11(18)13(20)15(14)22-16/h9-15,17-20H,2-8H2,1H3/t9-,10-,11+,12?,13?,14?,15?,16-/m1/s1. The molecule has 2 bridgehead atoms. The summed E-state index contributed by atoms with van der Waals surface area (Å²) in [5.41, 5.74) is 0. The van der Waals surface area contributed by atoms with E-state index in [9.17, 15) is 20.4 Å². The predicted molar refractivity (Wildman–Crippen MR) is 86.1 cm³/mol. The molecule has 0 aromatic carbocycles. The molecule has 8 atom stereocenters. The fourth-order valence-corrected chi connectivity index (χ4v) is 5.11. The van der Waals surface area contributed by atoms with Crippen LogP contribution in [0.2, 0.25) is 0 Å². The monoisotopic (exact) mass is 348 g/mol. The summed E-state index contributed by atoms with van der Waals surface area (Å²) in [7, 11) is 0. The number of thioether (sulfide) groups is 1. The van der Waals surface area contributed by atoms with Crippen molar-refractivity contribution in [1.82, 2.24) is 0 Å². The van der Waals surface area contributed by atoms with Gasteiger partial charge < -0.3 is 29.9 Å². The van der Waals surface area contributed by atoms with Crippen LogP contribution in [0.1, 0.15) is 38.5 Å². The van der Waals surface area contributed by atoms with Crippen molar-refractivity contribution < 1.29 is 29.9 Å². The smallest absolute Gasteiger partial charge is 0.116 e. The number of fused-ring (bicyclic) bond motifs is 3. The van der Waals surface area contributed by atoms with Crippen LogP contribution >= 0.6 is 11.8 Å². The van der Waals surface area contributed by atoms with E-state index in [0.29, 0.717) is 12.5 Å². The molecule has 3 fully saturated rings. The molecule has 2 saturated carbocycles. The summed E-state index contributed by atoms with van der Waals surface area (Å²) in [6.45, 7) is 0.496. The Kier molecular flexibility index (Phi) is 5.57. The van der Waals surface area contributed by atoms with Crippen molar-refractivity contribution >= 4 is 11.8 Å². The number of hydrogen-bond acceptors (Lipinski definition) is 7. The van der Waals surface area contributed by atoms with E-state index in [4.69, 9.17) is 9.47 Å². The van der Waals surface area contributed by atoms with Crippen LogP contribution in [0, 0.1) is 5.92 Å². The SMILES string of the molecule is CS[C@@]12CC[C@H](CCOC3C(O)C[C@H](O)C[C@H](O)C(O)C3O1)C2. The molecule has 0 radical (unpaired) electrons. The third-order valence-corrected chi connectivity index (χ3v) is 6.76. The Bertz CT molecular complexity index is 410. The molecule has 3 rings (SSSR count). The van der Waals surface area contributed by atoms with Gasteiger partial charge in [-0.2, -0.15) is 0 Å². The third-order valence-electron chi connectivity index (χ3n) is 5.55. The molecule has 4 N–H and O–H groups in total. The van der Waals surface area contributed by atoms with E-state index < -0.39 is 36.6 Å². The van der Waals surface area contributed by atoms with Crippen molar-refractivity contribution in [3.05, 3.63) is 0 Å². The maximum atomic E-state index is 10.6. The lowest BCUT2D eigenvalue weighted by Crippen LogP contribution is -2.57. The topological polar surface area (TPSA) is 99.4 Å². The highest BCUT2D eigenvalue weighted by Gasteiger charge is 2.49. The maximum Gasteiger partial charge on any atom is 0.116 e. The van der Waals surface area contributed by atoms with Gasteiger partial charge in [-0.1, -0.05) is 0 Å². The minimum atomic E-state index is -1.19. The molecular weight excluding hydrogens is 320 g/mol. The van der Waals surface area contributed by atoms with Gasteiger partial charge in [0.2, 0.25) is 0 Å². The summed E-state index contributed by atoms with van der Waals surface area (Å²) < 4.78 is 12.2. The van der Waals surface area contributed by atoms with Crippen molar-refractivity contribution in [3.8, 4) is 0 Å². The minimum Gasteiger partial charge on any atom is -0.393 e. The predicted octanol–water partition coefficient (Wildman–Crippen LogP) is 0.257. The van der Waals surface area contributed by atoms with Crippen LogP contribution in [0.25, 0.3) is 0 Å². The summed E-state index contributed by atoms with van der Waals surface area (Å²) in [5.74, 6) is 0.525. The van der Waals surface area contributed by atoms with Gasteiger partial charge >= 0.3 is 0 Å². The lowest BCUT2D eigenvalue weighted by molar-refractivity contribution is -0.209. The highest BCUT2D eigenvalue weighted by atomic mass is 32.2. The Hall–Kier alpha value is 0.110. The molecule has 23 heavy (non-hydrogen) atoms. The number of hydrogen-bond donors (Lipinski definition) is 4. The summed E-state index contributed by atoms with van der Waals surface area (Å²) in [4.78, 5) is -0.389. The van der Waals surface area contributed by atoms with Gasteiger partial charge in [0.25, 0.3) is 0 Å². The molecule has 1 heterocycles. The molecule has 0 aromatic heterocycles. The van der Waals surface area contributed by atoms with Gasteiger partial charge in [-0.15, -0.1) is 11.8 Å². The molecule has 1 saturated heterocycles. The lowest BCUT2D eigenvalue weighted by atomic mass is 9.88. The van der Waals surface area contributed by atoms with E-state index in [-0.39, 0.29) is 17.8 Å². The zero-order valence-corrected chi connectivity index (χ0v) is 14.3. The minimum absolute atomic E-state index is 0.0275. The van der Waals surface area contributed by atoms with E-state index >= 15 is 0 Å². The fourth-order valence-electron chi connectivity index (χ4n) is 4.18. The van der Waals surface area contributed by atoms with E-state index in [1.54, 1.807) is 11.8 Å². The summed E-state index contributed by atoms with van der Waals surface area (Å²) in [5, 5.41) is 41.1. The van der Waals surface area contributed by atoms with Gasteiger partial charge in [-0.3, -0.25) is 0 Å². The molecule has 0 amide bonds. The molecule has 1 aliphatic heterocycles. The molecule has 134 valence electrons. The normalized spacial score (nSPS) is 51.8. The molecule has 0 spiro atoms. The molecule has 0 aromatic rings. The van der Waals surface area contributed by atoms with Crippen LogP contribution in [0.4, 0.5) is 0 Å². The Balaban J connectivity index is 1.89. The first kappa shape index (κ1) is 17.9. The Morgan fingerprint density at radius 2 is 1.74 bits per heavy atom. The van der Waals surface area contributed by atoms with E-state index in [1.165, 1.54) is 0 Å². The molecule has 3 aliphatic rings. The van der Waals surface area contributed by atoms with Gasteiger partial charge in [0, 0.05) is 19.4 Å². The first-order valence-electron chi connectivity index (χ1n) is 8.51. The zero-order chi connectivity index (χ0) is 16.6. The van der Waals surface area contributed by atoms with Crippen LogP contribution in [0.15, 0.2) is 0 Å². The first-order chi connectivity index (χ1) is 10.9. The fraction of sp³-hybridized carbons (Fsp3) is 1.00. The third kappa shape index (κ3) is 3.71. The Labute approximate surface area is 141 Å².